The molecular formula is C12H11N3O. The summed E-state index contributed by atoms with van der Waals surface area (Å²) >= 11 is 0. The van der Waals surface area contributed by atoms with E-state index in [2.05, 4.69) is 16.4 Å². The van der Waals surface area contributed by atoms with E-state index in [0.717, 1.165) is 11.3 Å². The largest absolute Gasteiger partial charge is 0.447 e. The zero-order valence-electron chi connectivity index (χ0n) is 8.68. The Balaban J connectivity index is 1.88. The second-order valence-electron chi connectivity index (χ2n) is 3.38. The summed E-state index contributed by atoms with van der Waals surface area (Å²) in [7, 11) is 0. The van der Waals surface area contributed by atoms with Crippen LogP contribution < -0.4 is 5.32 Å². The van der Waals surface area contributed by atoms with Crippen LogP contribution in [0.4, 0.5) is 0 Å². The van der Waals surface area contributed by atoms with Crippen LogP contribution in [0.15, 0.2) is 41.3 Å². The van der Waals surface area contributed by atoms with Gasteiger partial charge in [0.15, 0.2) is 6.39 Å². The van der Waals surface area contributed by atoms with Crippen molar-refractivity contribution in [2.24, 2.45) is 0 Å². The number of nitrogens with one attached hydrogen (secondary N) is 1. The molecule has 1 aromatic heterocycles. The summed E-state index contributed by atoms with van der Waals surface area (Å²) in [4.78, 5) is 3.83. The van der Waals surface area contributed by atoms with E-state index in [4.69, 9.17) is 9.68 Å². The molecule has 16 heavy (non-hydrogen) atoms. The molecule has 0 atom stereocenters. The number of nitriles is 1. The highest BCUT2D eigenvalue weighted by Crippen LogP contribution is 2.04. The monoisotopic (exact) mass is 213 g/mol. The van der Waals surface area contributed by atoms with Gasteiger partial charge in [0.1, 0.15) is 5.76 Å². The lowest BCUT2D eigenvalue weighted by atomic mass is 10.1. The Kier molecular flexibility index (Phi) is 3.31. The van der Waals surface area contributed by atoms with Crippen molar-refractivity contribution >= 4 is 0 Å². The van der Waals surface area contributed by atoms with Gasteiger partial charge in [0, 0.05) is 6.54 Å². The van der Waals surface area contributed by atoms with E-state index in [0.29, 0.717) is 18.7 Å². The highest BCUT2D eigenvalue weighted by molar-refractivity contribution is 5.32. The first-order valence-corrected chi connectivity index (χ1v) is 4.95. The lowest BCUT2D eigenvalue weighted by molar-refractivity contribution is 0.479. The van der Waals surface area contributed by atoms with Gasteiger partial charge in [0.25, 0.3) is 0 Å². The third-order valence-corrected chi connectivity index (χ3v) is 2.17. The molecule has 4 heteroatoms. The van der Waals surface area contributed by atoms with Crippen LogP contribution in [0.5, 0.6) is 0 Å². The third-order valence-electron chi connectivity index (χ3n) is 2.17. The minimum absolute atomic E-state index is 0.636. The molecule has 0 spiro atoms. The van der Waals surface area contributed by atoms with Crippen molar-refractivity contribution in [3.05, 3.63) is 53.7 Å². The molecule has 4 nitrogen and oxygen atoms in total. The lowest BCUT2D eigenvalue weighted by Crippen LogP contribution is -2.12. The average Bonchev–Trinajstić information content (AvgIpc) is 2.82. The first-order chi connectivity index (χ1) is 7.88. The highest BCUT2D eigenvalue weighted by Gasteiger charge is 1.97. The molecule has 0 bridgehead atoms. The molecule has 0 amide bonds. The van der Waals surface area contributed by atoms with Crippen LogP contribution in [0.3, 0.4) is 0 Å². The molecule has 2 aromatic rings. The molecule has 0 unspecified atom stereocenters. The number of nitrogens with zero attached hydrogens (tertiary/aromatic N) is 2. The molecule has 0 aliphatic heterocycles. The van der Waals surface area contributed by atoms with Gasteiger partial charge in [-0.05, 0) is 17.7 Å². The van der Waals surface area contributed by atoms with E-state index in [1.807, 2.05) is 18.2 Å². The molecule has 0 saturated carbocycles. The molecule has 0 fully saturated rings. The highest BCUT2D eigenvalue weighted by atomic mass is 16.3. The maximum atomic E-state index is 8.74. The predicted molar refractivity (Wildman–Crippen MR) is 58.2 cm³/mol. The molecular weight excluding hydrogens is 202 g/mol. The van der Waals surface area contributed by atoms with Gasteiger partial charge >= 0.3 is 0 Å². The summed E-state index contributed by atoms with van der Waals surface area (Å²) in [6.45, 7) is 1.34. The smallest absolute Gasteiger partial charge is 0.180 e. The average molecular weight is 213 g/mol. The van der Waals surface area contributed by atoms with E-state index in [1.165, 1.54) is 6.39 Å². The maximum absolute atomic E-state index is 8.74. The molecule has 2 rings (SSSR count). The number of benzene rings is 1. The van der Waals surface area contributed by atoms with Crippen molar-refractivity contribution in [1.29, 1.82) is 5.26 Å². The quantitative estimate of drug-likeness (QED) is 0.841. The third kappa shape index (κ3) is 2.69. The standard InChI is InChI=1S/C12H11N3O/c13-5-10-2-1-3-11(4-10)6-14-7-12-8-15-9-16-12/h1-4,8-9,14H,6-7H2. The van der Waals surface area contributed by atoms with Crippen LogP contribution in [0.25, 0.3) is 0 Å². The topological polar surface area (TPSA) is 61.9 Å². The van der Waals surface area contributed by atoms with Crippen molar-refractivity contribution in [1.82, 2.24) is 10.3 Å². The van der Waals surface area contributed by atoms with E-state index in [1.54, 1.807) is 12.3 Å². The SMILES string of the molecule is N#Cc1cccc(CNCc2cnco2)c1. The molecule has 1 N–H and O–H groups in total. The fourth-order valence-electron chi connectivity index (χ4n) is 1.41. The van der Waals surface area contributed by atoms with Crippen LogP contribution in [-0.4, -0.2) is 4.98 Å². The zero-order valence-corrected chi connectivity index (χ0v) is 8.68. The molecule has 0 saturated heterocycles. The molecule has 1 heterocycles. The van der Waals surface area contributed by atoms with Crippen molar-refractivity contribution in [2.45, 2.75) is 13.1 Å². The van der Waals surface area contributed by atoms with Crippen molar-refractivity contribution < 1.29 is 4.42 Å². The van der Waals surface area contributed by atoms with E-state index in [9.17, 15) is 0 Å². The second-order valence-corrected chi connectivity index (χ2v) is 3.38. The van der Waals surface area contributed by atoms with Gasteiger partial charge in [-0.1, -0.05) is 12.1 Å². The van der Waals surface area contributed by atoms with Gasteiger partial charge < -0.3 is 9.73 Å². The number of rotatable bonds is 4. The molecule has 0 radical (unpaired) electrons. The van der Waals surface area contributed by atoms with Crippen LogP contribution in [-0.2, 0) is 13.1 Å². The summed E-state index contributed by atoms with van der Waals surface area (Å²) < 4.78 is 5.09. The number of oxazole rings is 1. The minimum Gasteiger partial charge on any atom is -0.447 e. The Morgan fingerprint density at radius 1 is 1.38 bits per heavy atom. The van der Waals surface area contributed by atoms with E-state index >= 15 is 0 Å². The molecule has 1 aromatic carbocycles. The Morgan fingerprint density at radius 2 is 2.31 bits per heavy atom. The van der Waals surface area contributed by atoms with E-state index < -0.39 is 0 Å². The van der Waals surface area contributed by atoms with Crippen LogP contribution in [0.1, 0.15) is 16.9 Å². The van der Waals surface area contributed by atoms with Crippen molar-refractivity contribution in [2.75, 3.05) is 0 Å². The van der Waals surface area contributed by atoms with Crippen LogP contribution in [0, 0.1) is 11.3 Å². The molecule has 0 aliphatic rings. The second kappa shape index (κ2) is 5.10. The Morgan fingerprint density at radius 3 is 3.06 bits per heavy atom. The summed E-state index contributed by atoms with van der Waals surface area (Å²) in [6.07, 6.45) is 3.09. The summed E-state index contributed by atoms with van der Waals surface area (Å²) in [6, 6.07) is 9.63. The molecule has 0 aliphatic carbocycles. The van der Waals surface area contributed by atoms with Crippen molar-refractivity contribution in [3.63, 3.8) is 0 Å². The Hall–Kier alpha value is -2.12. The predicted octanol–water partition coefficient (Wildman–Crippen LogP) is 1.84. The summed E-state index contributed by atoms with van der Waals surface area (Å²) in [5, 5.41) is 12.0. The zero-order chi connectivity index (χ0) is 11.2. The Labute approximate surface area is 93.5 Å². The fraction of sp³-hybridized carbons (Fsp3) is 0.167. The van der Waals surface area contributed by atoms with Gasteiger partial charge in [-0.2, -0.15) is 5.26 Å². The number of hydrogen-bond donors (Lipinski definition) is 1. The van der Waals surface area contributed by atoms with Gasteiger partial charge in [0.2, 0.25) is 0 Å². The van der Waals surface area contributed by atoms with Crippen LogP contribution >= 0.6 is 0 Å². The van der Waals surface area contributed by atoms with E-state index in [-0.39, 0.29) is 0 Å². The van der Waals surface area contributed by atoms with Crippen molar-refractivity contribution in [3.8, 4) is 6.07 Å². The maximum Gasteiger partial charge on any atom is 0.180 e. The lowest BCUT2D eigenvalue weighted by Gasteiger charge is -2.02. The summed E-state index contributed by atoms with van der Waals surface area (Å²) in [5.41, 5.74) is 1.76. The Bertz CT molecular complexity index is 485. The van der Waals surface area contributed by atoms with Gasteiger partial charge in [-0.3, -0.25) is 0 Å². The normalized spacial score (nSPS) is 9.94. The number of aromatic nitrogens is 1. The summed E-state index contributed by atoms with van der Waals surface area (Å²) in [5.74, 6) is 0.802. The number of hydrogen-bond acceptors (Lipinski definition) is 4. The van der Waals surface area contributed by atoms with Gasteiger partial charge in [-0.25, -0.2) is 4.98 Å². The fourth-order valence-corrected chi connectivity index (χ4v) is 1.41. The first-order valence-electron chi connectivity index (χ1n) is 4.95. The molecule has 80 valence electrons. The van der Waals surface area contributed by atoms with Gasteiger partial charge in [0.05, 0.1) is 24.4 Å². The minimum atomic E-state index is 0.636. The van der Waals surface area contributed by atoms with Gasteiger partial charge in [-0.15, -0.1) is 0 Å². The van der Waals surface area contributed by atoms with Crippen LogP contribution in [0.2, 0.25) is 0 Å². The first kappa shape index (κ1) is 10.4.